The summed E-state index contributed by atoms with van der Waals surface area (Å²) in [6.07, 6.45) is 22.7. The van der Waals surface area contributed by atoms with Crippen molar-refractivity contribution >= 4 is 50.9 Å². The van der Waals surface area contributed by atoms with Gasteiger partial charge in [0.2, 0.25) is 0 Å². The standard InChI is InChI=1S/C38H30O/c1-3-11-25-23(9-1)19-20-29-27-13-5-6-14-28(27)35(22-34(25)29)33-18-8-17-32-31-16-7-15-30-26-12-4-2-10-24(26)21-36(37(30)31)39-38(32)33/h1-4,7-15,17-22,31-32,36-38H,5-6,16H2. The van der Waals surface area contributed by atoms with Crippen molar-refractivity contribution in [2.24, 2.45) is 17.8 Å². The van der Waals surface area contributed by atoms with Crippen LogP contribution in [0.3, 0.4) is 0 Å². The molecule has 5 aliphatic rings. The molecule has 0 radical (unpaired) electrons. The lowest BCUT2D eigenvalue weighted by atomic mass is 9.63. The van der Waals surface area contributed by atoms with E-state index in [2.05, 4.69) is 115 Å². The molecule has 1 nitrogen and oxygen atoms in total. The van der Waals surface area contributed by atoms with Crippen LogP contribution in [0.2, 0.25) is 0 Å². The van der Waals surface area contributed by atoms with E-state index in [4.69, 9.17) is 4.74 Å². The van der Waals surface area contributed by atoms with E-state index in [1.807, 2.05) is 0 Å². The molecule has 1 heterocycles. The van der Waals surface area contributed by atoms with Crippen molar-refractivity contribution in [2.75, 3.05) is 0 Å². The van der Waals surface area contributed by atoms with Crippen LogP contribution in [-0.2, 0) is 4.74 Å². The second-order valence-corrected chi connectivity index (χ2v) is 11.8. The molecule has 4 aliphatic carbocycles. The van der Waals surface area contributed by atoms with Gasteiger partial charge in [-0.3, -0.25) is 0 Å². The van der Waals surface area contributed by atoms with Crippen LogP contribution in [-0.4, -0.2) is 12.2 Å². The van der Waals surface area contributed by atoms with Gasteiger partial charge in [0.05, 0.1) is 12.2 Å². The number of benzene rings is 4. The van der Waals surface area contributed by atoms with Gasteiger partial charge in [0.15, 0.2) is 0 Å². The zero-order chi connectivity index (χ0) is 25.5. The number of ether oxygens (including phenoxy) is 1. The first-order valence-electron chi connectivity index (χ1n) is 14.5. The van der Waals surface area contributed by atoms with Gasteiger partial charge >= 0.3 is 0 Å². The Labute approximate surface area is 228 Å². The summed E-state index contributed by atoms with van der Waals surface area (Å²) in [6, 6.07) is 24.8. The summed E-state index contributed by atoms with van der Waals surface area (Å²) in [6.45, 7) is 0. The van der Waals surface area contributed by atoms with Crippen LogP contribution in [0.15, 0.2) is 97.1 Å². The molecule has 5 unspecified atom stereocenters. The fourth-order valence-electron chi connectivity index (χ4n) is 8.20. The molecule has 9 rings (SSSR count). The monoisotopic (exact) mass is 502 g/mol. The molecule has 1 saturated heterocycles. The normalized spacial score (nSPS) is 27.8. The van der Waals surface area contributed by atoms with Gasteiger partial charge in [-0.1, -0.05) is 103 Å². The predicted octanol–water partition coefficient (Wildman–Crippen LogP) is 5.52. The summed E-state index contributed by atoms with van der Waals surface area (Å²) < 4.78 is 7.19. The Balaban J connectivity index is 1.26. The Bertz CT molecular complexity index is 2050. The largest absolute Gasteiger partial charge is 0.365 e. The van der Waals surface area contributed by atoms with E-state index in [-0.39, 0.29) is 12.2 Å². The van der Waals surface area contributed by atoms with Crippen molar-refractivity contribution in [3.8, 4) is 0 Å². The first kappa shape index (κ1) is 21.9. The molecule has 1 aliphatic heterocycles. The first-order chi connectivity index (χ1) is 19.3. The first-order valence-corrected chi connectivity index (χ1v) is 14.5. The Kier molecular flexibility index (Phi) is 4.66. The minimum Gasteiger partial charge on any atom is -0.365 e. The lowest BCUT2D eigenvalue weighted by Gasteiger charge is -2.50. The van der Waals surface area contributed by atoms with Crippen LogP contribution in [0.5, 0.6) is 0 Å². The molecule has 1 heteroatoms. The van der Waals surface area contributed by atoms with E-state index in [0.717, 1.165) is 19.3 Å². The maximum atomic E-state index is 7.19. The topological polar surface area (TPSA) is 9.23 Å². The maximum absolute atomic E-state index is 7.19. The minimum atomic E-state index is 0.0577. The highest BCUT2D eigenvalue weighted by Crippen LogP contribution is 2.50. The quantitative estimate of drug-likeness (QED) is 0.312. The molecule has 0 bridgehead atoms. The lowest BCUT2D eigenvalue weighted by molar-refractivity contribution is -0.0634. The lowest BCUT2D eigenvalue weighted by Crippen LogP contribution is -2.53. The molecule has 4 aromatic rings. The van der Waals surface area contributed by atoms with E-state index in [9.17, 15) is 0 Å². The minimum absolute atomic E-state index is 0.0577. The Morgan fingerprint density at radius 1 is 0.795 bits per heavy atom. The van der Waals surface area contributed by atoms with Crippen LogP contribution >= 0.6 is 0 Å². The smallest absolute Gasteiger partial charge is 0.0904 e. The highest BCUT2D eigenvalue weighted by Gasteiger charge is 2.48. The molecule has 0 amide bonds. The predicted molar refractivity (Wildman–Crippen MR) is 162 cm³/mol. The molecule has 39 heavy (non-hydrogen) atoms. The molecule has 5 atom stereocenters. The SMILES string of the molecule is C1=CC2C(OC3C=c4ccccc4=C4C=CCC2C43)C(c2cc3c(ccc4ccccc43)c3c2=CCCC=3)=C1. The van der Waals surface area contributed by atoms with E-state index in [0.29, 0.717) is 17.8 Å². The number of fused-ring (bicyclic) bond motifs is 8. The van der Waals surface area contributed by atoms with Crippen LogP contribution in [0.25, 0.3) is 50.9 Å². The third-order valence-corrected chi connectivity index (χ3v) is 9.86. The Hall–Kier alpha value is -3.94. The molecule has 4 aromatic carbocycles. The van der Waals surface area contributed by atoms with Crippen molar-refractivity contribution in [3.63, 3.8) is 0 Å². The molecule has 188 valence electrons. The van der Waals surface area contributed by atoms with Crippen molar-refractivity contribution < 1.29 is 4.74 Å². The van der Waals surface area contributed by atoms with Gasteiger partial charge < -0.3 is 4.74 Å². The van der Waals surface area contributed by atoms with Crippen LogP contribution < -0.4 is 20.9 Å². The highest BCUT2D eigenvalue weighted by atomic mass is 16.5. The Morgan fingerprint density at radius 2 is 1.67 bits per heavy atom. The van der Waals surface area contributed by atoms with Gasteiger partial charge in [0.25, 0.3) is 0 Å². The van der Waals surface area contributed by atoms with Crippen LogP contribution in [0.1, 0.15) is 24.8 Å². The third kappa shape index (κ3) is 3.11. The maximum Gasteiger partial charge on any atom is 0.0904 e. The van der Waals surface area contributed by atoms with Crippen molar-refractivity contribution in [1.29, 1.82) is 0 Å². The van der Waals surface area contributed by atoms with E-state index in [1.54, 1.807) is 0 Å². The number of hydrogen-bond acceptors (Lipinski definition) is 1. The van der Waals surface area contributed by atoms with E-state index >= 15 is 0 Å². The average molecular weight is 503 g/mol. The summed E-state index contributed by atoms with van der Waals surface area (Å²) in [5.74, 6) is 1.34. The summed E-state index contributed by atoms with van der Waals surface area (Å²) in [7, 11) is 0. The van der Waals surface area contributed by atoms with Gasteiger partial charge in [0, 0.05) is 11.8 Å². The van der Waals surface area contributed by atoms with Gasteiger partial charge in [-0.25, -0.2) is 0 Å². The highest BCUT2D eigenvalue weighted by molar-refractivity contribution is 6.08. The summed E-state index contributed by atoms with van der Waals surface area (Å²) in [5.41, 5.74) is 4.17. The average Bonchev–Trinajstić information content (AvgIpc) is 3.00. The number of rotatable bonds is 1. The van der Waals surface area contributed by atoms with Gasteiger partial charge in [0.1, 0.15) is 0 Å². The summed E-state index contributed by atoms with van der Waals surface area (Å²) >= 11 is 0. The number of hydrogen-bond donors (Lipinski definition) is 0. The fourth-order valence-corrected chi connectivity index (χ4v) is 8.20. The Morgan fingerprint density at radius 3 is 2.64 bits per heavy atom. The van der Waals surface area contributed by atoms with Gasteiger partial charge in [-0.15, -0.1) is 0 Å². The molecule has 0 aromatic heterocycles. The number of allylic oxidation sites excluding steroid dienone is 4. The van der Waals surface area contributed by atoms with Crippen LogP contribution in [0, 0.1) is 17.8 Å². The zero-order valence-electron chi connectivity index (χ0n) is 21.9. The molecule has 0 saturated carbocycles. The summed E-state index contributed by atoms with van der Waals surface area (Å²) in [5, 5.41) is 10.8. The van der Waals surface area contributed by atoms with Crippen molar-refractivity contribution in [1.82, 2.24) is 0 Å². The fraction of sp³-hybridized carbons (Fsp3) is 0.211. The third-order valence-electron chi connectivity index (χ3n) is 9.86. The van der Waals surface area contributed by atoms with Gasteiger partial charge in [-0.2, -0.15) is 0 Å². The molecular formula is C38H30O. The molecular weight excluding hydrogens is 472 g/mol. The zero-order valence-corrected chi connectivity index (χ0v) is 21.9. The van der Waals surface area contributed by atoms with E-state index < -0.39 is 0 Å². The second-order valence-electron chi connectivity index (χ2n) is 11.8. The van der Waals surface area contributed by atoms with E-state index in [1.165, 1.54) is 59.1 Å². The van der Waals surface area contributed by atoms with Crippen LogP contribution in [0.4, 0.5) is 0 Å². The molecule has 1 fully saturated rings. The summed E-state index contributed by atoms with van der Waals surface area (Å²) in [4.78, 5) is 0. The van der Waals surface area contributed by atoms with Crippen molar-refractivity contribution in [2.45, 2.75) is 31.5 Å². The van der Waals surface area contributed by atoms with Crippen molar-refractivity contribution in [3.05, 3.63) is 124 Å². The molecule has 0 N–H and O–H groups in total. The molecule has 0 spiro atoms. The van der Waals surface area contributed by atoms with Gasteiger partial charge in [-0.05, 0) is 96.5 Å². The second kappa shape index (κ2) is 8.28.